The van der Waals surface area contributed by atoms with E-state index in [4.69, 9.17) is 0 Å². The van der Waals surface area contributed by atoms with Gasteiger partial charge in [-0.2, -0.15) is 13.2 Å². The molecule has 0 atom stereocenters. The van der Waals surface area contributed by atoms with Crippen LogP contribution in [0.5, 0.6) is 0 Å². The minimum Gasteiger partial charge on any atom is -0.254 e. The van der Waals surface area contributed by atoms with E-state index in [2.05, 4.69) is 15.0 Å². The monoisotopic (exact) mass is 325 g/mol. The lowest BCUT2D eigenvalue weighted by Crippen LogP contribution is -2.04. The van der Waals surface area contributed by atoms with Gasteiger partial charge in [0.15, 0.2) is 5.65 Å². The number of rotatable bonds is 1. The summed E-state index contributed by atoms with van der Waals surface area (Å²) in [4.78, 5) is 13.1. The van der Waals surface area contributed by atoms with Gasteiger partial charge in [0.1, 0.15) is 0 Å². The van der Waals surface area contributed by atoms with Gasteiger partial charge in [-0.05, 0) is 30.3 Å². The van der Waals surface area contributed by atoms with E-state index in [-0.39, 0.29) is 0 Å². The van der Waals surface area contributed by atoms with Gasteiger partial charge in [0.2, 0.25) is 0 Å². The molecule has 0 fully saturated rings. The summed E-state index contributed by atoms with van der Waals surface area (Å²) in [6.07, 6.45) is -1.09. The highest BCUT2D eigenvalue weighted by Crippen LogP contribution is 2.33. The molecular weight excluding hydrogens is 315 g/mol. The van der Waals surface area contributed by atoms with E-state index in [1.54, 1.807) is 12.4 Å². The molecule has 1 aromatic carbocycles. The molecule has 118 valence electrons. The highest BCUT2D eigenvalue weighted by Gasteiger charge is 2.30. The molecule has 0 aliphatic carbocycles. The Morgan fingerprint density at radius 2 is 1.42 bits per heavy atom. The Balaban J connectivity index is 1.98. The zero-order chi connectivity index (χ0) is 16.7. The van der Waals surface area contributed by atoms with Crippen molar-refractivity contribution in [3.8, 4) is 11.3 Å². The van der Waals surface area contributed by atoms with Crippen LogP contribution in [0.1, 0.15) is 5.56 Å². The number of pyridine rings is 3. The van der Waals surface area contributed by atoms with Crippen molar-refractivity contribution in [1.82, 2.24) is 15.0 Å². The Hall–Kier alpha value is -3.02. The quantitative estimate of drug-likeness (QED) is 0.469. The summed E-state index contributed by atoms with van der Waals surface area (Å²) in [5.74, 6) is 0. The first kappa shape index (κ1) is 14.6. The fraction of sp³-hybridized carbons (Fsp3) is 0.0556. The molecule has 0 saturated heterocycles. The van der Waals surface area contributed by atoms with Crippen LogP contribution in [0.2, 0.25) is 0 Å². The fourth-order valence-corrected chi connectivity index (χ4v) is 2.68. The van der Waals surface area contributed by atoms with Crippen LogP contribution in [0.4, 0.5) is 13.2 Å². The minimum atomic E-state index is -4.36. The standard InChI is InChI=1S/C18H10F3N3/c19-18(20,21)12-7-5-11(6-8-12)15-16-13(3-1-9-22-16)14-4-2-10-23-17(14)24-15/h1-10H. The largest absolute Gasteiger partial charge is 0.416 e. The third kappa shape index (κ3) is 2.36. The lowest BCUT2D eigenvalue weighted by molar-refractivity contribution is -0.137. The van der Waals surface area contributed by atoms with Gasteiger partial charge in [-0.15, -0.1) is 0 Å². The van der Waals surface area contributed by atoms with Crippen LogP contribution in [-0.4, -0.2) is 15.0 Å². The van der Waals surface area contributed by atoms with Crippen LogP contribution < -0.4 is 0 Å². The molecule has 3 aromatic heterocycles. The van der Waals surface area contributed by atoms with E-state index in [1.807, 2.05) is 24.3 Å². The number of aromatic nitrogens is 3. The molecule has 3 nitrogen and oxygen atoms in total. The number of nitrogens with zero attached hydrogens (tertiary/aromatic N) is 3. The first-order valence-corrected chi connectivity index (χ1v) is 7.21. The molecule has 0 bridgehead atoms. The summed E-state index contributed by atoms with van der Waals surface area (Å²) in [6.45, 7) is 0. The Bertz CT molecular complexity index is 1040. The lowest BCUT2D eigenvalue weighted by Gasteiger charge is -2.10. The minimum absolute atomic E-state index is 0.519. The van der Waals surface area contributed by atoms with Gasteiger partial charge in [-0.25, -0.2) is 9.97 Å². The molecule has 0 N–H and O–H groups in total. The molecule has 0 aliphatic heterocycles. The second-order valence-corrected chi connectivity index (χ2v) is 5.31. The molecule has 3 heterocycles. The first-order valence-electron chi connectivity index (χ1n) is 7.21. The van der Waals surface area contributed by atoms with E-state index >= 15 is 0 Å². The van der Waals surface area contributed by atoms with Crippen LogP contribution in [0, 0.1) is 0 Å². The molecule has 0 saturated carbocycles. The third-order valence-electron chi connectivity index (χ3n) is 3.81. The van der Waals surface area contributed by atoms with E-state index in [1.165, 1.54) is 12.1 Å². The van der Waals surface area contributed by atoms with E-state index in [0.29, 0.717) is 22.4 Å². The van der Waals surface area contributed by atoms with E-state index in [9.17, 15) is 13.2 Å². The van der Waals surface area contributed by atoms with Crippen LogP contribution >= 0.6 is 0 Å². The van der Waals surface area contributed by atoms with Gasteiger partial charge < -0.3 is 0 Å². The lowest BCUT2D eigenvalue weighted by atomic mass is 10.0. The summed E-state index contributed by atoms with van der Waals surface area (Å²) < 4.78 is 38.2. The number of hydrogen-bond donors (Lipinski definition) is 0. The third-order valence-corrected chi connectivity index (χ3v) is 3.81. The molecule has 0 spiro atoms. The van der Waals surface area contributed by atoms with Crippen molar-refractivity contribution in [3.05, 3.63) is 66.5 Å². The van der Waals surface area contributed by atoms with Crippen molar-refractivity contribution in [1.29, 1.82) is 0 Å². The fourth-order valence-electron chi connectivity index (χ4n) is 2.68. The van der Waals surface area contributed by atoms with Crippen molar-refractivity contribution in [2.45, 2.75) is 6.18 Å². The van der Waals surface area contributed by atoms with Crippen molar-refractivity contribution >= 4 is 21.9 Å². The van der Waals surface area contributed by atoms with Gasteiger partial charge in [0.25, 0.3) is 0 Å². The second kappa shape index (κ2) is 5.26. The van der Waals surface area contributed by atoms with Crippen molar-refractivity contribution in [2.75, 3.05) is 0 Å². The summed E-state index contributed by atoms with van der Waals surface area (Å²) in [7, 11) is 0. The number of halogens is 3. The molecule has 0 radical (unpaired) electrons. The zero-order valence-corrected chi connectivity index (χ0v) is 12.2. The van der Waals surface area contributed by atoms with Gasteiger partial charge in [0.05, 0.1) is 16.8 Å². The summed E-state index contributed by atoms with van der Waals surface area (Å²) in [5, 5.41) is 1.72. The maximum atomic E-state index is 12.7. The molecule has 4 rings (SSSR count). The normalized spacial score (nSPS) is 12.0. The molecule has 6 heteroatoms. The smallest absolute Gasteiger partial charge is 0.254 e. The number of alkyl halides is 3. The van der Waals surface area contributed by atoms with E-state index in [0.717, 1.165) is 22.9 Å². The highest BCUT2D eigenvalue weighted by atomic mass is 19.4. The SMILES string of the molecule is FC(F)(F)c1ccc(-c2nc3ncccc3c3cccnc23)cc1. The average Bonchev–Trinajstić information content (AvgIpc) is 2.60. The number of hydrogen-bond acceptors (Lipinski definition) is 3. The molecule has 24 heavy (non-hydrogen) atoms. The van der Waals surface area contributed by atoms with Crippen molar-refractivity contribution in [2.24, 2.45) is 0 Å². The second-order valence-electron chi connectivity index (χ2n) is 5.31. The Morgan fingerprint density at radius 1 is 0.750 bits per heavy atom. The summed E-state index contributed by atoms with van der Waals surface area (Å²) >= 11 is 0. The predicted octanol–water partition coefficient (Wildman–Crippen LogP) is 4.86. The molecular formula is C18H10F3N3. The van der Waals surface area contributed by atoms with Gasteiger partial charge in [-0.3, -0.25) is 4.98 Å². The molecule has 4 aromatic rings. The van der Waals surface area contributed by atoms with E-state index < -0.39 is 11.7 Å². The zero-order valence-electron chi connectivity index (χ0n) is 12.2. The number of benzene rings is 1. The van der Waals surface area contributed by atoms with Crippen LogP contribution in [0.25, 0.3) is 33.2 Å². The molecule has 0 aliphatic rings. The molecule has 0 amide bonds. The number of fused-ring (bicyclic) bond motifs is 3. The van der Waals surface area contributed by atoms with Crippen molar-refractivity contribution < 1.29 is 13.2 Å². The Kier molecular flexibility index (Phi) is 3.19. The van der Waals surface area contributed by atoms with Crippen molar-refractivity contribution in [3.63, 3.8) is 0 Å². The Labute approximate surface area is 134 Å². The van der Waals surface area contributed by atoms with Crippen LogP contribution in [0.3, 0.4) is 0 Å². The average molecular weight is 325 g/mol. The highest BCUT2D eigenvalue weighted by molar-refractivity contribution is 6.07. The topological polar surface area (TPSA) is 38.7 Å². The predicted molar refractivity (Wildman–Crippen MR) is 85.3 cm³/mol. The maximum Gasteiger partial charge on any atom is 0.416 e. The van der Waals surface area contributed by atoms with Crippen LogP contribution in [-0.2, 0) is 6.18 Å². The maximum absolute atomic E-state index is 12.7. The van der Waals surface area contributed by atoms with Crippen LogP contribution in [0.15, 0.2) is 60.9 Å². The van der Waals surface area contributed by atoms with Gasteiger partial charge in [0, 0.05) is 28.7 Å². The van der Waals surface area contributed by atoms with Gasteiger partial charge in [-0.1, -0.05) is 18.2 Å². The first-order chi connectivity index (χ1) is 11.5. The molecule has 0 unspecified atom stereocenters. The summed E-state index contributed by atoms with van der Waals surface area (Å²) in [5.41, 5.74) is 1.57. The summed E-state index contributed by atoms with van der Waals surface area (Å²) in [6, 6.07) is 12.3. The Morgan fingerprint density at radius 3 is 2.12 bits per heavy atom. The van der Waals surface area contributed by atoms with Gasteiger partial charge >= 0.3 is 6.18 Å².